The van der Waals surface area contributed by atoms with E-state index in [-0.39, 0.29) is 36.3 Å². The van der Waals surface area contributed by atoms with E-state index in [1.54, 1.807) is 4.90 Å². The Morgan fingerprint density at radius 2 is 1.75 bits per heavy atom. The fraction of sp³-hybridized carbons (Fsp3) is 0.318. The van der Waals surface area contributed by atoms with Crippen LogP contribution in [0, 0.1) is 5.82 Å². The third-order valence-corrected chi connectivity index (χ3v) is 5.24. The van der Waals surface area contributed by atoms with Crippen molar-refractivity contribution in [2.24, 2.45) is 0 Å². The van der Waals surface area contributed by atoms with Crippen molar-refractivity contribution < 1.29 is 18.4 Å². The average Bonchev–Trinajstić information content (AvgIpc) is 3.16. The third kappa shape index (κ3) is 3.96. The summed E-state index contributed by atoms with van der Waals surface area (Å²) in [5, 5.41) is 0. The van der Waals surface area contributed by atoms with Gasteiger partial charge in [-0.2, -0.15) is 0 Å². The maximum absolute atomic E-state index is 12.9. The number of rotatable bonds is 5. The first kappa shape index (κ1) is 18.3. The molecular weight excluding hydrogens is 359 g/mol. The summed E-state index contributed by atoms with van der Waals surface area (Å²) in [4.78, 5) is 31.0. The van der Waals surface area contributed by atoms with Crippen molar-refractivity contribution in [3.8, 4) is 0 Å². The van der Waals surface area contributed by atoms with Crippen molar-refractivity contribution in [3.05, 3.63) is 65.8 Å². The molecule has 4 rings (SSSR count). The highest BCUT2D eigenvalue weighted by atomic mass is 19.1. The summed E-state index contributed by atoms with van der Waals surface area (Å²) >= 11 is 0. The third-order valence-electron chi connectivity index (χ3n) is 5.24. The largest absolute Gasteiger partial charge is 0.440 e. The number of nitrogens with zero attached hydrogens (tertiary/aromatic N) is 2. The van der Waals surface area contributed by atoms with Gasteiger partial charge in [0.15, 0.2) is 17.3 Å². The van der Waals surface area contributed by atoms with Crippen molar-refractivity contribution in [1.82, 2.24) is 9.88 Å². The summed E-state index contributed by atoms with van der Waals surface area (Å²) in [7, 11) is 0. The Morgan fingerprint density at radius 3 is 2.46 bits per heavy atom. The number of carbonyl (C=O) groups excluding carboxylic acids is 2. The first-order valence-corrected chi connectivity index (χ1v) is 9.52. The molecule has 6 heteroatoms. The molecule has 3 aromatic rings. The molecule has 0 N–H and O–H groups in total. The summed E-state index contributed by atoms with van der Waals surface area (Å²) in [6.45, 7) is 1.26. The number of ketones is 1. The Morgan fingerprint density at radius 1 is 1.04 bits per heavy atom. The van der Waals surface area contributed by atoms with Gasteiger partial charge in [-0.05, 0) is 49.2 Å². The molecule has 0 unspecified atom stereocenters. The average molecular weight is 380 g/mol. The summed E-state index contributed by atoms with van der Waals surface area (Å²) in [6, 6.07) is 13.1. The number of piperidine rings is 1. The van der Waals surface area contributed by atoms with Crippen LogP contribution in [0.2, 0.25) is 0 Å². The van der Waals surface area contributed by atoms with Crippen molar-refractivity contribution in [1.29, 1.82) is 0 Å². The van der Waals surface area contributed by atoms with Crippen LogP contribution in [-0.4, -0.2) is 34.7 Å². The van der Waals surface area contributed by atoms with Gasteiger partial charge in [0.2, 0.25) is 5.91 Å². The van der Waals surface area contributed by atoms with Crippen molar-refractivity contribution >= 4 is 22.8 Å². The van der Waals surface area contributed by atoms with Gasteiger partial charge in [0.25, 0.3) is 0 Å². The van der Waals surface area contributed by atoms with Gasteiger partial charge in [-0.15, -0.1) is 0 Å². The van der Waals surface area contributed by atoms with E-state index in [1.165, 1.54) is 24.3 Å². The first-order valence-electron chi connectivity index (χ1n) is 9.52. The minimum absolute atomic E-state index is 0.0218. The molecule has 0 spiro atoms. The van der Waals surface area contributed by atoms with Crippen LogP contribution in [0.25, 0.3) is 11.1 Å². The van der Waals surface area contributed by atoms with E-state index in [4.69, 9.17) is 4.42 Å². The van der Waals surface area contributed by atoms with Crippen LogP contribution in [0.15, 0.2) is 52.9 Å². The lowest BCUT2D eigenvalue weighted by Gasteiger charge is -2.30. The monoisotopic (exact) mass is 380 g/mol. The molecule has 28 heavy (non-hydrogen) atoms. The highest BCUT2D eigenvalue weighted by Gasteiger charge is 2.27. The molecule has 5 nitrogen and oxygen atoms in total. The molecule has 0 bridgehead atoms. The number of amides is 1. The second-order valence-corrected chi connectivity index (χ2v) is 7.10. The number of likely N-dealkylation sites (tertiary alicyclic amines) is 1. The Labute approximate surface area is 162 Å². The number of benzene rings is 2. The fourth-order valence-corrected chi connectivity index (χ4v) is 3.60. The number of carbonyl (C=O) groups is 2. The molecule has 0 saturated carbocycles. The molecule has 144 valence electrons. The van der Waals surface area contributed by atoms with Crippen LogP contribution in [-0.2, 0) is 4.79 Å². The van der Waals surface area contributed by atoms with Gasteiger partial charge in [-0.25, -0.2) is 9.37 Å². The predicted octanol–water partition coefficient (Wildman–Crippen LogP) is 4.34. The molecule has 0 radical (unpaired) electrons. The summed E-state index contributed by atoms with van der Waals surface area (Å²) in [5.41, 5.74) is 2.08. The highest BCUT2D eigenvalue weighted by Crippen LogP contribution is 2.30. The maximum atomic E-state index is 12.9. The van der Waals surface area contributed by atoms with Gasteiger partial charge in [0.1, 0.15) is 11.3 Å². The zero-order valence-electron chi connectivity index (χ0n) is 15.4. The van der Waals surface area contributed by atoms with Gasteiger partial charge in [-0.3, -0.25) is 9.59 Å². The van der Waals surface area contributed by atoms with Crippen molar-refractivity contribution in [2.75, 3.05) is 13.1 Å². The zero-order chi connectivity index (χ0) is 19.5. The number of oxazole rings is 1. The van der Waals surface area contributed by atoms with Gasteiger partial charge in [0.05, 0.1) is 0 Å². The number of fused-ring (bicyclic) bond motifs is 1. The molecule has 1 aliphatic heterocycles. The van der Waals surface area contributed by atoms with Crippen molar-refractivity contribution in [2.45, 2.75) is 31.6 Å². The summed E-state index contributed by atoms with van der Waals surface area (Å²) in [6.07, 6.45) is 1.90. The maximum Gasteiger partial charge on any atom is 0.223 e. The predicted molar refractivity (Wildman–Crippen MR) is 103 cm³/mol. The van der Waals surface area contributed by atoms with Crippen LogP contribution in [0.4, 0.5) is 4.39 Å². The number of hydrogen-bond acceptors (Lipinski definition) is 4. The Hall–Kier alpha value is -3.02. The molecule has 1 aliphatic rings. The SMILES string of the molecule is O=C(CCC(=O)N1CCC(c2nc3ccccc3o2)CC1)c1ccc(F)cc1. The van der Waals surface area contributed by atoms with Gasteiger partial charge in [0, 0.05) is 37.4 Å². The second kappa shape index (κ2) is 7.92. The Balaban J connectivity index is 1.29. The van der Waals surface area contributed by atoms with Crippen LogP contribution in [0.3, 0.4) is 0 Å². The number of hydrogen-bond donors (Lipinski definition) is 0. The minimum atomic E-state index is -0.380. The van der Waals surface area contributed by atoms with E-state index in [1.807, 2.05) is 24.3 Å². The molecule has 1 fully saturated rings. The number of aromatic nitrogens is 1. The first-order chi connectivity index (χ1) is 13.6. The minimum Gasteiger partial charge on any atom is -0.440 e. The standard InChI is InChI=1S/C22H21FN2O3/c23-17-7-5-15(6-8-17)19(26)9-10-21(27)25-13-11-16(12-14-25)22-24-18-3-1-2-4-20(18)28-22/h1-8,16H,9-14H2. The normalized spacial score (nSPS) is 15.1. The van der Waals surface area contributed by atoms with Gasteiger partial charge < -0.3 is 9.32 Å². The molecule has 0 aliphatic carbocycles. The van der Waals surface area contributed by atoms with E-state index in [0.717, 1.165) is 29.8 Å². The van der Waals surface area contributed by atoms with Gasteiger partial charge in [-0.1, -0.05) is 12.1 Å². The Kier molecular flexibility index (Phi) is 5.19. The number of halogens is 1. The molecular formula is C22H21FN2O3. The van der Waals surface area contributed by atoms with Crippen LogP contribution in [0.1, 0.15) is 47.8 Å². The quantitative estimate of drug-likeness (QED) is 0.618. The summed E-state index contributed by atoms with van der Waals surface area (Å²) in [5.74, 6) is 0.396. The second-order valence-electron chi connectivity index (χ2n) is 7.10. The molecule has 1 saturated heterocycles. The zero-order valence-corrected chi connectivity index (χ0v) is 15.4. The molecule has 2 aromatic carbocycles. The van der Waals surface area contributed by atoms with E-state index in [9.17, 15) is 14.0 Å². The topological polar surface area (TPSA) is 63.4 Å². The number of Topliss-reactive ketones (excluding diaryl/α,β-unsaturated/α-hetero) is 1. The fourth-order valence-electron chi connectivity index (χ4n) is 3.60. The van der Waals surface area contributed by atoms with E-state index in [2.05, 4.69) is 4.98 Å². The smallest absolute Gasteiger partial charge is 0.223 e. The molecule has 0 atom stereocenters. The van der Waals surface area contributed by atoms with Crippen LogP contribution < -0.4 is 0 Å². The lowest BCUT2D eigenvalue weighted by atomic mass is 9.96. The van der Waals surface area contributed by atoms with E-state index in [0.29, 0.717) is 18.7 Å². The van der Waals surface area contributed by atoms with Crippen LogP contribution in [0.5, 0.6) is 0 Å². The highest BCUT2D eigenvalue weighted by molar-refractivity contribution is 5.97. The van der Waals surface area contributed by atoms with Gasteiger partial charge >= 0.3 is 0 Å². The Bertz CT molecular complexity index is 955. The molecule has 2 heterocycles. The van der Waals surface area contributed by atoms with Crippen molar-refractivity contribution in [3.63, 3.8) is 0 Å². The molecule has 1 amide bonds. The van der Waals surface area contributed by atoms with Crippen LogP contribution >= 0.6 is 0 Å². The molecule has 1 aromatic heterocycles. The van der Waals surface area contributed by atoms with E-state index >= 15 is 0 Å². The lowest BCUT2D eigenvalue weighted by Crippen LogP contribution is -2.38. The number of para-hydroxylation sites is 2. The lowest BCUT2D eigenvalue weighted by molar-refractivity contribution is -0.132. The van der Waals surface area contributed by atoms with E-state index < -0.39 is 0 Å². The summed E-state index contributed by atoms with van der Waals surface area (Å²) < 4.78 is 18.8.